The van der Waals surface area contributed by atoms with E-state index >= 15 is 0 Å². The first-order valence-electron chi connectivity index (χ1n) is 8.17. The number of methoxy groups -OCH3 is 2. The fourth-order valence-electron chi connectivity index (χ4n) is 2.66. The molecule has 132 valence electrons. The lowest BCUT2D eigenvalue weighted by molar-refractivity contribution is -0.143. The van der Waals surface area contributed by atoms with Crippen LogP contribution in [0.1, 0.15) is 21.5 Å². The van der Waals surface area contributed by atoms with Crippen molar-refractivity contribution in [2.45, 2.75) is 18.9 Å². The Hall–Kier alpha value is -2.66. The topological polar surface area (TPSA) is 64.6 Å². The molecule has 1 atom stereocenters. The number of esters is 2. The quantitative estimate of drug-likeness (QED) is 0.747. The van der Waals surface area contributed by atoms with Crippen LogP contribution in [0.15, 0.2) is 54.6 Å². The SMILES string of the molecule is COC(=O)c1ccccc1CCN[C@@H](Cc1ccccc1)C(=O)OC. The van der Waals surface area contributed by atoms with Crippen LogP contribution in [0, 0.1) is 0 Å². The summed E-state index contributed by atoms with van der Waals surface area (Å²) >= 11 is 0. The number of nitrogens with one attached hydrogen (secondary N) is 1. The summed E-state index contributed by atoms with van der Waals surface area (Å²) in [5.74, 6) is -0.658. The fourth-order valence-corrected chi connectivity index (χ4v) is 2.66. The van der Waals surface area contributed by atoms with E-state index in [4.69, 9.17) is 9.47 Å². The van der Waals surface area contributed by atoms with E-state index in [1.165, 1.54) is 14.2 Å². The zero-order valence-corrected chi connectivity index (χ0v) is 14.5. The molecule has 0 bridgehead atoms. The normalized spacial score (nSPS) is 11.6. The molecule has 0 saturated heterocycles. The van der Waals surface area contributed by atoms with Gasteiger partial charge in [0.2, 0.25) is 0 Å². The molecule has 0 aliphatic carbocycles. The summed E-state index contributed by atoms with van der Waals surface area (Å²) in [6.07, 6.45) is 1.15. The number of carbonyl (C=O) groups is 2. The van der Waals surface area contributed by atoms with Crippen LogP contribution in [0.2, 0.25) is 0 Å². The summed E-state index contributed by atoms with van der Waals surface area (Å²) < 4.78 is 9.70. The molecule has 0 aromatic heterocycles. The van der Waals surface area contributed by atoms with Gasteiger partial charge < -0.3 is 14.8 Å². The molecule has 0 aliphatic heterocycles. The predicted molar refractivity (Wildman–Crippen MR) is 95.4 cm³/mol. The first kappa shape index (κ1) is 18.7. The molecule has 5 heteroatoms. The summed E-state index contributed by atoms with van der Waals surface area (Å²) in [6, 6.07) is 16.6. The molecule has 0 saturated carbocycles. The molecular weight excluding hydrogens is 318 g/mol. The second kappa shape index (κ2) is 9.59. The molecule has 2 aromatic rings. The van der Waals surface area contributed by atoms with Crippen LogP contribution in [0.3, 0.4) is 0 Å². The lowest BCUT2D eigenvalue weighted by atomic mass is 10.0. The molecule has 0 aliphatic rings. The number of ether oxygens (including phenoxy) is 2. The third kappa shape index (κ3) is 5.43. The number of carbonyl (C=O) groups excluding carboxylic acids is 2. The fraction of sp³-hybridized carbons (Fsp3) is 0.300. The monoisotopic (exact) mass is 341 g/mol. The Morgan fingerprint density at radius 1 is 0.960 bits per heavy atom. The Morgan fingerprint density at radius 3 is 2.32 bits per heavy atom. The second-order valence-corrected chi connectivity index (χ2v) is 5.62. The Kier molecular flexibility index (Phi) is 7.16. The summed E-state index contributed by atoms with van der Waals surface area (Å²) in [4.78, 5) is 23.8. The lowest BCUT2D eigenvalue weighted by Crippen LogP contribution is -2.40. The minimum Gasteiger partial charge on any atom is -0.468 e. The van der Waals surface area contributed by atoms with E-state index in [-0.39, 0.29) is 11.9 Å². The number of hydrogen-bond acceptors (Lipinski definition) is 5. The van der Waals surface area contributed by atoms with Gasteiger partial charge in [-0.25, -0.2) is 4.79 Å². The maximum atomic E-state index is 12.0. The van der Waals surface area contributed by atoms with Crippen LogP contribution in [-0.4, -0.2) is 38.7 Å². The minimum atomic E-state index is -0.433. The van der Waals surface area contributed by atoms with Crippen molar-refractivity contribution in [1.29, 1.82) is 0 Å². The highest BCUT2D eigenvalue weighted by Gasteiger charge is 2.19. The van der Waals surface area contributed by atoms with Gasteiger partial charge in [-0.1, -0.05) is 48.5 Å². The zero-order valence-electron chi connectivity index (χ0n) is 14.5. The molecule has 0 spiro atoms. The van der Waals surface area contributed by atoms with Crippen molar-refractivity contribution in [3.05, 3.63) is 71.3 Å². The van der Waals surface area contributed by atoms with E-state index < -0.39 is 6.04 Å². The van der Waals surface area contributed by atoms with Gasteiger partial charge in [0.1, 0.15) is 6.04 Å². The predicted octanol–water partition coefficient (Wildman–Crippen LogP) is 2.39. The van der Waals surface area contributed by atoms with Crippen molar-refractivity contribution >= 4 is 11.9 Å². The molecule has 0 amide bonds. The first-order valence-corrected chi connectivity index (χ1v) is 8.17. The maximum absolute atomic E-state index is 12.0. The lowest BCUT2D eigenvalue weighted by Gasteiger charge is -2.17. The van der Waals surface area contributed by atoms with Gasteiger partial charge in [0, 0.05) is 6.54 Å². The first-order chi connectivity index (χ1) is 12.2. The molecule has 1 N–H and O–H groups in total. The van der Waals surface area contributed by atoms with Crippen molar-refractivity contribution in [2.24, 2.45) is 0 Å². The molecule has 5 nitrogen and oxygen atoms in total. The highest BCUT2D eigenvalue weighted by molar-refractivity contribution is 5.91. The summed E-state index contributed by atoms with van der Waals surface area (Å²) in [5.41, 5.74) is 2.48. The second-order valence-electron chi connectivity index (χ2n) is 5.62. The highest BCUT2D eigenvalue weighted by atomic mass is 16.5. The van der Waals surface area contributed by atoms with Gasteiger partial charge in [0.15, 0.2) is 0 Å². The van der Waals surface area contributed by atoms with E-state index in [1.54, 1.807) is 12.1 Å². The van der Waals surface area contributed by atoms with Gasteiger partial charge in [-0.3, -0.25) is 4.79 Å². The van der Waals surface area contributed by atoms with Crippen molar-refractivity contribution in [2.75, 3.05) is 20.8 Å². The maximum Gasteiger partial charge on any atom is 0.338 e. The summed E-state index contributed by atoms with van der Waals surface area (Å²) in [6.45, 7) is 0.542. The minimum absolute atomic E-state index is 0.301. The van der Waals surface area contributed by atoms with Gasteiger partial charge in [0.05, 0.1) is 19.8 Å². The molecule has 2 aromatic carbocycles. The number of benzene rings is 2. The van der Waals surface area contributed by atoms with Gasteiger partial charge in [-0.2, -0.15) is 0 Å². The molecule has 2 rings (SSSR count). The summed E-state index contributed by atoms with van der Waals surface area (Å²) in [7, 11) is 2.75. The van der Waals surface area contributed by atoms with Gasteiger partial charge in [-0.15, -0.1) is 0 Å². The Labute approximate surface area is 148 Å². The standard InChI is InChI=1S/C20H23NO4/c1-24-19(22)17-11-7-6-10-16(17)12-13-21-18(20(23)25-2)14-15-8-4-3-5-9-15/h3-11,18,21H,12-14H2,1-2H3/t18-/m0/s1. The zero-order chi connectivity index (χ0) is 18.1. The van der Waals surface area contributed by atoms with Crippen molar-refractivity contribution in [1.82, 2.24) is 5.32 Å². The van der Waals surface area contributed by atoms with E-state index in [0.29, 0.717) is 24.9 Å². The summed E-state index contributed by atoms with van der Waals surface area (Å²) in [5, 5.41) is 3.22. The molecule has 25 heavy (non-hydrogen) atoms. The third-order valence-corrected chi connectivity index (χ3v) is 3.98. The van der Waals surface area contributed by atoms with Crippen LogP contribution in [0.5, 0.6) is 0 Å². The molecular formula is C20H23NO4. The number of rotatable bonds is 8. The van der Waals surface area contributed by atoms with Crippen LogP contribution in [0.25, 0.3) is 0 Å². The van der Waals surface area contributed by atoms with Gasteiger partial charge in [0.25, 0.3) is 0 Å². The molecule has 0 fully saturated rings. The third-order valence-electron chi connectivity index (χ3n) is 3.98. The smallest absolute Gasteiger partial charge is 0.338 e. The Balaban J connectivity index is 1.99. The van der Waals surface area contributed by atoms with E-state index in [9.17, 15) is 9.59 Å². The van der Waals surface area contributed by atoms with Crippen LogP contribution in [0.4, 0.5) is 0 Å². The van der Waals surface area contributed by atoms with E-state index in [2.05, 4.69) is 5.32 Å². The van der Waals surface area contributed by atoms with Gasteiger partial charge in [-0.05, 0) is 30.0 Å². The molecule has 0 unspecified atom stereocenters. The van der Waals surface area contributed by atoms with E-state index in [1.807, 2.05) is 42.5 Å². The molecule has 0 radical (unpaired) electrons. The number of hydrogen-bond donors (Lipinski definition) is 1. The van der Waals surface area contributed by atoms with Crippen LogP contribution in [-0.2, 0) is 27.1 Å². The van der Waals surface area contributed by atoms with E-state index in [0.717, 1.165) is 11.1 Å². The van der Waals surface area contributed by atoms with Crippen molar-refractivity contribution in [3.63, 3.8) is 0 Å². The largest absolute Gasteiger partial charge is 0.468 e. The van der Waals surface area contributed by atoms with Crippen molar-refractivity contribution < 1.29 is 19.1 Å². The van der Waals surface area contributed by atoms with Crippen molar-refractivity contribution in [3.8, 4) is 0 Å². The highest BCUT2D eigenvalue weighted by Crippen LogP contribution is 2.11. The molecule has 0 heterocycles. The average molecular weight is 341 g/mol. The average Bonchev–Trinajstić information content (AvgIpc) is 2.67. The van der Waals surface area contributed by atoms with Crippen LogP contribution >= 0.6 is 0 Å². The van der Waals surface area contributed by atoms with Gasteiger partial charge >= 0.3 is 11.9 Å². The Bertz CT molecular complexity index is 700. The Morgan fingerprint density at radius 2 is 1.64 bits per heavy atom. The van der Waals surface area contributed by atoms with Crippen LogP contribution < -0.4 is 5.32 Å².